The molecule has 0 saturated carbocycles. The first-order chi connectivity index (χ1) is 11.6. The summed E-state index contributed by atoms with van der Waals surface area (Å²) in [5, 5.41) is 4.97. The lowest BCUT2D eigenvalue weighted by atomic mass is 10.1. The second-order valence-electron chi connectivity index (χ2n) is 4.89. The van der Waals surface area contributed by atoms with Crippen LogP contribution in [0.4, 0.5) is 5.95 Å². The van der Waals surface area contributed by atoms with Crippen LogP contribution in [0.1, 0.15) is 5.56 Å². The van der Waals surface area contributed by atoms with Crippen molar-refractivity contribution in [3.63, 3.8) is 0 Å². The van der Waals surface area contributed by atoms with Crippen LogP contribution in [-0.2, 0) is 0 Å². The summed E-state index contributed by atoms with van der Waals surface area (Å²) < 4.78 is 0. The van der Waals surface area contributed by atoms with Crippen molar-refractivity contribution in [2.24, 2.45) is 5.10 Å². The maximum Gasteiger partial charge on any atom is 0.252 e. The zero-order valence-electron chi connectivity index (χ0n) is 12.3. The van der Waals surface area contributed by atoms with E-state index in [0.717, 1.165) is 11.1 Å². The highest BCUT2D eigenvalue weighted by molar-refractivity contribution is 6.42. The monoisotopic (exact) mass is 358 g/mol. The van der Waals surface area contributed by atoms with E-state index in [4.69, 9.17) is 23.2 Å². The molecule has 0 amide bonds. The fourth-order valence-electron chi connectivity index (χ4n) is 2.03. The molecule has 3 aromatic rings. The molecule has 120 valence electrons. The van der Waals surface area contributed by atoms with Gasteiger partial charge in [0, 0.05) is 11.6 Å². The minimum Gasteiger partial charge on any atom is -0.291 e. The van der Waals surface area contributed by atoms with Crippen molar-refractivity contribution >= 4 is 35.4 Å². The van der Waals surface area contributed by atoms with Crippen LogP contribution in [0, 0.1) is 0 Å². The Kier molecular flexibility index (Phi) is 4.93. The molecule has 0 spiro atoms. The molecule has 0 unspecified atom stereocenters. The molecule has 0 aliphatic carbocycles. The Labute approximate surface area is 148 Å². The molecule has 3 rings (SSSR count). The van der Waals surface area contributed by atoms with Crippen LogP contribution in [0.2, 0.25) is 10.0 Å². The number of aromatic amines is 1. The number of aromatic nitrogens is 2. The Morgan fingerprint density at radius 3 is 2.58 bits per heavy atom. The topological polar surface area (TPSA) is 70.1 Å². The minimum atomic E-state index is -0.268. The van der Waals surface area contributed by atoms with Gasteiger partial charge in [-0.3, -0.25) is 9.78 Å². The van der Waals surface area contributed by atoms with Crippen LogP contribution in [0.3, 0.4) is 0 Å². The molecule has 5 nitrogen and oxygen atoms in total. The van der Waals surface area contributed by atoms with Crippen LogP contribution in [0.15, 0.2) is 64.5 Å². The molecule has 0 saturated heterocycles. The molecule has 2 N–H and O–H groups in total. The van der Waals surface area contributed by atoms with Crippen molar-refractivity contribution in [2.45, 2.75) is 0 Å². The van der Waals surface area contributed by atoms with Crippen molar-refractivity contribution in [3.05, 3.63) is 80.6 Å². The highest BCUT2D eigenvalue weighted by Crippen LogP contribution is 2.21. The number of halogens is 2. The number of nitrogens with one attached hydrogen (secondary N) is 2. The van der Waals surface area contributed by atoms with Gasteiger partial charge in [0.2, 0.25) is 5.95 Å². The Morgan fingerprint density at radius 2 is 1.83 bits per heavy atom. The van der Waals surface area contributed by atoms with Gasteiger partial charge in [0.25, 0.3) is 5.56 Å². The zero-order valence-corrected chi connectivity index (χ0v) is 13.8. The van der Waals surface area contributed by atoms with Gasteiger partial charge in [-0.2, -0.15) is 5.10 Å². The van der Waals surface area contributed by atoms with Crippen LogP contribution in [0.5, 0.6) is 0 Å². The van der Waals surface area contributed by atoms with Crippen molar-refractivity contribution < 1.29 is 0 Å². The summed E-state index contributed by atoms with van der Waals surface area (Å²) in [7, 11) is 0. The first kappa shape index (κ1) is 16.2. The van der Waals surface area contributed by atoms with Gasteiger partial charge >= 0.3 is 0 Å². The highest BCUT2D eigenvalue weighted by atomic mass is 35.5. The largest absolute Gasteiger partial charge is 0.291 e. The van der Waals surface area contributed by atoms with Crippen molar-refractivity contribution in [1.29, 1.82) is 0 Å². The predicted octanol–water partition coefficient (Wildman–Crippen LogP) is 4.19. The Bertz CT molecular complexity index is 939. The third kappa shape index (κ3) is 4.01. The zero-order chi connectivity index (χ0) is 16.9. The number of hydrogen-bond donors (Lipinski definition) is 2. The van der Waals surface area contributed by atoms with Crippen molar-refractivity contribution in [2.75, 3.05) is 5.43 Å². The van der Waals surface area contributed by atoms with Gasteiger partial charge in [-0.15, -0.1) is 0 Å². The van der Waals surface area contributed by atoms with E-state index in [9.17, 15) is 4.79 Å². The Hall–Kier alpha value is -2.63. The highest BCUT2D eigenvalue weighted by Gasteiger charge is 2.03. The molecule has 1 aromatic heterocycles. The van der Waals surface area contributed by atoms with E-state index < -0.39 is 0 Å². The number of hydrazone groups is 1. The second kappa shape index (κ2) is 7.29. The van der Waals surface area contributed by atoms with Crippen LogP contribution < -0.4 is 11.0 Å². The van der Waals surface area contributed by atoms with E-state index in [1.807, 2.05) is 30.3 Å². The fourth-order valence-corrected chi connectivity index (χ4v) is 2.33. The smallest absolute Gasteiger partial charge is 0.252 e. The molecular formula is C17H12Cl2N4O. The quantitative estimate of drug-likeness (QED) is 0.542. The number of anilines is 1. The molecule has 1 heterocycles. The van der Waals surface area contributed by atoms with Crippen LogP contribution in [0.25, 0.3) is 11.3 Å². The van der Waals surface area contributed by atoms with Crippen molar-refractivity contribution in [1.82, 2.24) is 9.97 Å². The first-order valence-corrected chi connectivity index (χ1v) is 7.78. The molecule has 0 bridgehead atoms. The van der Waals surface area contributed by atoms with Gasteiger partial charge in [-0.05, 0) is 17.7 Å². The molecular weight excluding hydrogens is 347 g/mol. The summed E-state index contributed by atoms with van der Waals surface area (Å²) >= 11 is 11.8. The van der Waals surface area contributed by atoms with Crippen molar-refractivity contribution in [3.8, 4) is 11.3 Å². The van der Waals surface area contributed by atoms with Crippen LogP contribution >= 0.6 is 23.2 Å². The SMILES string of the molecule is O=c1cc(-c2ccccc2)nc(N/N=C/c2ccc(Cl)c(Cl)c2)[nH]1. The molecule has 24 heavy (non-hydrogen) atoms. The molecule has 0 atom stereocenters. The van der Waals surface area contributed by atoms with Gasteiger partial charge in [-0.1, -0.05) is 59.6 Å². The third-order valence-electron chi connectivity index (χ3n) is 3.14. The summed E-state index contributed by atoms with van der Waals surface area (Å²) in [4.78, 5) is 18.7. The fraction of sp³-hybridized carbons (Fsp3) is 0. The summed E-state index contributed by atoms with van der Waals surface area (Å²) in [6.45, 7) is 0. The van der Waals surface area contributed by atoms with E-state index in [1.54, 1.807) is 24.4 Å². The summed E-state index contributed by atoms with van der Waals surface area (Å²) in [5.74, 6) is 0.248. The summed E-state index contributed by atoms with van der Waals surface area (Å²) in [5.41, 5.74) is 4.61. The summed E-state index contributed by atoms with van der Waals surface area (Å²) in [6.07, 6.45) is 1.55. The molecule has 2 aromatic carbocycles. The molecule has 0 fully saturated rings. The van der Waals surface area contributed by atoms with E-state index in [2.05, 4.69) is 20.5 Å². The Morgan fingerprint density at radius 1 is 1.04 bits per heavy atom. The molecule has 0 aliphatic rings. The number of nitrogens with zero attached hydrogens (tertiary/aromatic N) is 2. The number of H-pyrrole nitrogens is 1. The van der Waals surface area contributed by atoms with E-state index in [0.29, 0.717) is 15.7 Å². The standard InChI is InChI=1S/C17H12Cl2N4O/c18-13-7-6-11(8-14(13)19)10-20-23-17-21-15(9-16(24)22-17)12-4-2-1-3-5-12/h1-10H,(H2,21,22,23,24)/b20-10+. The maximum absolute atomic E-state index is 11.8. The van der Waals surface area contributed by atoms with Crippen LogP contribution in [-0.4, -0.2) is 16.2 Å². The predicted molar refractivity (Wildman–Crippen MR) is 98.0 cm³/mol. The number of hydrogen-bond acceptors (Lipinski definition) is 4. The van der Waals surface area contributed by atoms with Gasteiger partial charge in [0.1, 0.15) is 0 Å². The molecule has 7 heteroatoms. The average Bonchev–Trinajstić information content (AvgIpc) is 2.58. The first-order valence-electron chi connectivity index (χ1n) is 7.03. The number of rotatable bonds is 4. The third-order valence-corrected chi connectivity index (χ3v) is 3.88. The average molecular weight is 359 g/mol. The van der Waals surface area contributed by atoms with Gasteiger partial charge in [0.15, 0.2) is 0 Å². The lowest BCUT2D eigenvalue weighted by Gasteiger charge is -2.03. The van der Waals surface area contributed by atoms with Gasteiger partial charge in [-0.25, -0.2) is 10.4 Å². The normalized spacial score (nSPS) is 10.9. The Balaban J connectivity index is 1.80. The van der Waals surface area contributed by atoms with Gasteiger partial charge in [0.05, 0.1) is 22.0 Å². The van der Waals surface area contributed by atoms with E-state index in [-0.39, 0.29) is 11.5 Å². The molecule has 0 aliphatic heterocycles. The van der Waals surface area contributed by atoms with Gasteiger partial charge < -0.3 is 0 Å². The van der Waals surface area contributed by atoms with E-state index in [1.165, 1.54) is 6.07 Å². The lowest BCUT2D eigenvalue weighted by Crippen LogP contribution is -2.10. The van der Waals surface area contributed by atoms with E-state index >= 15 is 0 Å². The lowest BCUT2D eigenvalue weighted by molar-refractivity contribution is 1.09. The second-order valence-corrected chi connectivity index (χ2v) is 5.70. The number of benzene rings is 2. The molecule has 0 radical (unpaired) electrons. The summed E-state index contributed by atoms with van der Waals surface area (Å²) in [6, 6.07) is 16.0. The maximum atomic E-state index is 11.8. The minimum absolute atomic E-state index is 0.248.